The third kappa shape index (κ3) is 4.40. The number of benzene rings is 3. The second kappa shape index (κ2) is 8.71. The average molecular weight is 392 g/mol. The summed E-state index contributed by atoms with van der Waals surface area (Å²) in [5.41, 5.74) is 2.35. The molecule has 4 nitrogen and oxygen atoms in total. The van der Waals surface area contributed by atoms with Crippen LogP contribution < -0.4 is 4.74 Å². The van der Waals surface area contributed by atoms with E-state index in [-0.39, 0.29) is 12.4 Å². The number of nitrogens with zero attached hydrogens (tertiary/aromatic N) is 2. The lowest BCUT2D eigenvalue weighted by Gasteiger charge is -2.09. The van der Waals surface area contributed by atoms with E-state index < -0.39 is 0 Å². The number of thioether (sulfide) groups is 1. The van der Waals surface area contributed by atoms with Crippen molar-refractivity contribution >= 4 is 11.8 Å². The first-order valence-electron chi connectivity index (χ1n) is 8.75. The van der Waals surface area contributed by atoms with E-state index in [1.54, 1.807) is 24.3 Å². The van der Waals surface area contributed by atoms with Crippen LogP contribution in [0.4, 0.5) is 4.39 Å². The van der Waals surface area contributed by atoms with Gasteiger partial charge in [-0.3, -0.25) is 0 Å². The van der Waals surface area contributed by atoms with E-state index in [0.717, 1.165) is 5.75 Å². The van der Waals surface area contributed by atoms with Gasteiger partial charge >= 0.3 is 0 Å². The quantitative estimate of drug-likeness (QED) is 0.375. The van der Waals surface area contributed by atoms with Crippen LogP contribution >= 0.6 is 11.8 Å². The van der Waals surface area contributed by atoms with Crippen LogP contribution in [0.3, 0.4) is 0 Å². The Hall–Kier alpha value is -3.12. The molecule has 1 heterocycles. The molecule has 4 rings (SSSR count). The maximum absolute atomic E-state index is 13.8. The van der Waals surface area contributed by atoms with Crippen LogP contribution in [0.5, 0.6) is 5.75 Å². The third-order valence-corrected chi connectivity index (χ3v) is 4.96. The van der Waals surface area contributed by atoms with Gasteiger partial charge in [0.1, 0.15) is 18.2 Å². The van der Waals surface area contributed by atoms with Gasteiger partial charge in [0.2, 0.25) is 0 Å². The molecule has 0 saturated heterocycles. The Kier molecular flexibility index (Phi) is 5.68. The van der Waals surface area contributed by atoms with Crippen molar-refractivity contribution in [2.75, 3.05) is 0 Å². The molecule has 4 aromatic rings. The zero-order chi connectivity index (χ0) is 19.2. The van der Waals surface area contributed by atoms with Crippen molar-refractivity contribution < 1.29 is 13.5 Å². The van der Waals surface area contributed by atoms with E-state index >= 15 is 0 Å². The minimum atomic E-state index is -0.294. The summed E-state index contributed by atoms with van der Waals surface area (Å²) in [5, 5.41) is 8.74. The maximum atomic E-state index is 13.8. The van der Waals surface area contributed by atoms with E-state index in [1.807, 2.05) is 36.4 Å². The van der Waals surface area contributed by atoms with Crippen molar-refractivity contribution in [2.45, 2.75) is 17.6 Å². The van der Waals surface area contributed by atoms with Crippen molar-refractivity contribution in [1.82, 2.24) is 10.2 Å². The summed E-state index contributed by atoms with van der Waals surface area (Å²) in [6.07, 6.45) is 0. The molecule has 0 bridgehead atoms. The predicted molar refractivity (Wildman–Crippen MR) is 106 cm³/mol. The molecular weight excluding hydrogens is 375 g/mol. The summed E-state index contributed by atoms with van der Waals surface area (Å²) in [4.78, 5) is 0. The highest BCUT2D eigenvalue weighted by molar-refractivity contribution is 7.98. The Balaban J connectivity index is 1.47. The summed E-state index contributed by atoms with van der Waals surface area (Å²) in [6.45, 7) is 0.118. The summed E-state index contributed by atoms with van der Waals surface area (Å²) in [6, 6.07) is 24.0. The summed E-state index contributed by atoms with van der Waals surface area (Å²) < 4.78 is 25.4. The highest BCUT2D eigenvalue weighted by Gasteiger charge is 2.14. The van der Waals surface area contributed by atoms with E-state index in [4.69, 9.17) is 9.15 Å². The Morgan fingerprint density at radius 1 is 0.857 bits per heavy atom. The number of aromatic nitrogens is 2. The zero-order valence-electron chi connectivity index (χ0n) is 14.9. The number of hydrogen-bond donors (Lipinski definition) is 0. The van der Waals surface area contributed by atoms with Crippen LogP contribution in [0, 0.1) is 5.82 Å². The Morgan fingerprint density at radius 2 is 1.61 bits per heavy atom. The highest BCUT2D eigenvalue weighted by Crippen LogP contribution is 2.32. The molecule has 0 atom stereocenters. The van der Waals surface area contributed by atoms with Crippen molar-refractivity contribution in [2.24, 2.45) is 0 Å². The molecule has 140 valence electrons. The van der Waals surface area contributed by atoms with E-state index in [9.17, 15) is 4.39 Å². The van der Waals surface area contributed by atoms with Gasteiger partial charge < -0.3 is 9.15 Å². The Labute approximate surface area is 166 Å². The molecule has 28 heavy (non-hydrogen) atoms. The van der Waals surface area contributed by atoms with E-state index in [1.165, 1.54) is 23.4 Å². The van der Waals surface area contributed by atoms with Gasteiger partial charge in [0, 0.05) is 11.3 Å². The van der Waals surface area contributed by atoms with Crippen LogP contribution in [0.25, 0.3) is 11.5 Å². The standard InChI is InChI=1S/C22H17FN2O2S/c23-19-12-6-4-10-17(19)14-26-20-13-7-5-11-18(20)21-24-25-22(27-21)28-15-16-8-2-1-3-9-16/h1-13H,14-15H2. The number of hydrogen-bond acceptors (Lipinski definition) is 5. The number of para-hydroxylation sites is 1. The zero-order valence-corrected chi connectivity index (χ0v) is 15.7. The summed E-state index contributed by atoms with van der Waals surface area (Å²) in [7, 11) is 0. The molecule has 0 N–H and O–H groups in total. The summed E-state index contributed by atoms with van der Waals surface area (Å²) >= 11 is 1.48. The lowest BCUT2D eigenvalue weighted by Crippen LogP contribution is -1.99. The molecule has 0 aliphatic heterocycles. The highest BCUT2D eigenvalue weighted by atomic mass is 32.2. The lowest BCUT2D eigenvalue weighted by molar-refractivity contribution is 0.300. The summed E-state index contributed by atoms with van der Waals surface area (Å²) in [5.74, 6) is 1.39. The Bertz CT molecular complexity index is 1050. The normalized spacial score (nSPS) is 10.8. The van der Waals surface area contributed by atoms with Crippen molar-refractivity contribution in [3.05, 3.63) is 95.8 Å². The first-order chi connectivity index (χ1) is 13.8. The molecule has 0 radical (unpaired) electrons. The van der Waals surface area contributed by atoms with Gasteiger partial charge in [-0.15, -0.1) is 10.2 Å². The molecule has 6 heteroatoms. The van der Waals surface area contributed by atoms with Crippen molar-refractivity contribution in [3.8, 4) is 17.2 Å². The van der Waals surface area contributed by atoms with Crippen LogP contribution in [-0.4, -0.2) is 10.2 Å². The fourth-order valence-corrected chi connectivity index (χ4v) is 3.36. The lowest BCUT2D eigenvalue weighted by atomic mass is 10.2. The van der Waals surface area contributed by atoms with Gasteiger partial charge in [-0.05, 0) is 23.8 Å². The smallest absolute Gasteiger partial charge is 0.277 e. The van der Waals surface area contributed by atoms with Crippen LogP contribution in [0.15, 0.2) is 88.5 Å². The predicted octanol–water partition coefficient (Wildman–Crippen LogP) is 5.75. The van der Waals surface area contributed by atoms with Gasteiger partial charge in [0.25, 0.3) is 11.1 Å². The van der Waals surface area contributed by atoms with Gasteiger partial charge in [0.05, 0.1) is 5.56 Å². The van der Waals surface area contributed by atoms with Gasteiger partial charge in [0.15, 0.2) is 0 Å². The first-order valence-corrected chi connectivity index (χ1v) is 9.74. The minimum absolute atomic E-state index is 0.118. The van der Waals surface area contributed by atoms with Gasteiger partial charge in [-0.2, -0.15) is 0 Å². The molecule has 0 aliphatic rings. The molecule has 0 unspecified atom stereocenters. The minimum Gasteiger partial charge on any atom is -0.488 e. The molecule has 1 aromatic heterocycles. The fraction of sp³-hybridized carbons (Fsp3) is 0.0909. The second-order valence-electron chi connectivity index (χ2n) is 6.02. The molecule has 3 aromatic carbocycles. The molecule has 0 spiro atoms. The molecule has 0 amide bonds. The van der Waals surface area contributed by atoms with Crippen LogP contribution in [0.1, 0.15) is 11.1 Å². The van der Waals surface area contributed by atoms with E-state index in [2.05, 4.69) is 22.3 Å². The van der Waals surface area contributed by atoms with Crippen molar-refractivity contribution in [1.29, 1.82) is 0 Å². The number of rotatable bonds is 7. The molecular formula is C22H17FN2O2S. The third-order valence-electron chi connectivity index (χ3n) is 4.07. The average Bonchev–Trinajstić information content (AvgIpc) is 3.22. The van der Waals surface area contributed by atoms with Gasteiger partial charge in [-0.25, -0.2) is 4.39 Å². The molecule has 0 saturated carbocycles. The maximum Gasteiger partial charge on any atom is 0.277 e. The molecule has 0 aliphatic carbocycles. The SMILES string of the molecule is Fc1ccccc1COc1ccccc1-c1nnc(SCc2ccccc2)o1. The topological polar surface area (TPSA) is 48.2 Å². The van der Waals surface area contributed by atoms with Crippen molar-refractivity contribution in [3.63, 3.8) is 0 Å². The van der Waals surface area contributed by atoms with Gasteiger partial charge in [-0.1, -0.05) is 72.4 Å². The second-order valence-corrected chi connectivity index (χ2v) is 6.95. The first kappa shape index (κ1) is 18.3. The molecule has 0 fully saturated rings. The Morgan fingerprint density at radius 3 is 2.46 bits per heavy atom. The van der Waals surface area contributed by atoms with Crippen LogP contribution in [-0.2, 0) is 12.4 Å². The number of halogens is 1. The van der Waals surface area contributed by atoms with E-state index in [0.29, 0.717) is 28.0 Å². The number of ether oxygens (including phenoxy) is 1. The van der Waals surface area contributed by atoms with Crippen LogP contribution in [0.2, 0.25) is 0 Å². The largest absolute Gasteiger partial charge is 0.488 e. The monoisotopic (exact) mass is 392 g/mol. The fourth-order valence-electron chi connectivity index (χ4n) is 2.64.